The quantitative estimate of drug-likeness (QED) is 0.586. The van der Waals surface area contributed by atoms with E-state index in [0.717, 1.165) is 16.8 Å². The number of carbonyl (C=O) groups is 2. The summed E-state index contributed by atoms with van der Waals surface area (Å²) in [6.07, 6.45) is 4.82. The Kier molecular flexibility index (Phi) is 6.64. The van der Waals surface area contributed by atoms with Crippen molar-refractivity contribution in [1.82, 2.24) is 24.4 Å². The monoisotopic (exact) mass is 493 g/mol. The molecule has 0 unspecified atom stereocenters. The van der Waals surface area contributed by atoms with E-state index in [1.807, 2.05) is 38.5 Å². The molecule has 36 heavy (non-hydrogen) atoms. The normalized spacial score (nSPS) is 18.7. The molecule has 0 spiro atoms. The molecule has 4 rings (SSSR count). The lowest BCUT2D eigenvalue weighted by atomic mass is 10.0. The lowest BCUT2D eigenvalue weighted by Gasteiger charge is -2.44. The van der Waals surface area contributed by atoms with Crippen molar-refractivity contribution in [2.24, 2.45) is 5.73 Å². The first-order valence-corrected chi connectivity index (χ1v) is 12.3. The van der Waals surface area contributed by atoms with Gasteiger partial charge >= 0.3 is 6.09 Å². The summed E-state index contributed by atoms with van der Waals surface area (Å²) in [4.78, 5) is 42.4. The second kappa shape index (κ2) is 9.40. The van der Waals surface area contributed by atoms with Crippen molar-refractivity contribution in [1.29, 1.82) is 0 Å². The number of ether oxygens (including phenoxy) is 1. The van der Waals surface area contributed by atoms with Gasteiger partial charge in [-0.1, -0.05) is 13.8 Å². The first-order chi connectivity index (χ1) is 16.9. The number of anilines is 1. The highest BCUT2D eigenvalue weighted by Gasteiger charge is 2.36. The fourth-order valence-corrected chi connectivity index (χ4v) is 4.60. The Labute approximate surface area is 211 Å². The minimum Gasteiger partial charge on any atom is -0.444 e. The molecule has 0 bridgehead atoms. The van der Waals surface area contributed by atoms with Crippen molar-refractivity contribution in [2.45, 2.75) is 72.1 Å². The highest BCUT2D eigenvalue weighted by molar-refractivity contribution is 5.95. The number of fused-ring (bicyclic) bond motifs is 1. The molecular formula is C26H35N7O3. The standard InChI is InChI=1S/C26H35N7O3/c1-15(2)19-13-33(20-10-18(22(27)34)8-9-28-20)24-21(19)23(29-14-30-24)31-11-17(4)32(12-16(31)3)25(35)36-26(5,6)7/h8-10,13-17H,11-12H2,1-7H3,(H2,27,34)/t16-,17+/m0/s1. The summed E-state index contributed by atoms with van der Waals surface area (Å²) in [5.41, 5.74) is 7.10. The Morgan fingerprint density at radius 2 is 1.83 bits per heavy atom. The molecule has 0 saturated carbocycles. The van der Waals surface area contributed by atoms with Gasteiger partial charge in [-0.3, -0.25) is 9.36 Å². The summed E-state index contributed by atoms with van der Waals surface area (Å²) in [6, 6.07) is 3.19. The molecule has 192 valence electrons. The van der Waals surface area contributed by atoms with Crippen molar-refractivity contribution in [2.75, 3.05) is 18.0 Å². The average Bonchev–Trinajstić information content (AvgIpc) is 3.19. The Hall–Kier alpha value is -3.69. The SMILES string of the molecule is CC(C)c1cn(-c2cc(C(N)=O)ccn2)c2ncnc(N3C[C@@H](C)N(C(=O)OC(C)(C)C)C[C@@H]3C)c12. The molecule has 10 nitrogen and oxygen atoms in total. The van der Waals surface area contributed by atoms with E-state index in [2.05, 4.69) is 35.6 Å². The van der Waals surface area contributed by atoms with Gasteiger partial charge in [0.15, 0.2) is 5.65 Å². The molecule has 0 aromatic carbocycles. The third-order valence-corrected chi connectivity index (χ3v) is 6.38. The smallest absolute Gasteiger partial charge is 0.410 e. The lowest BCUT2D eigenvalue weighted by molar-refractivity contribution is 0.0130. The van der Waals surface area contributed by atoms with Crippen LogP contribution in [0.4, 0.5) is 10.6 Å². The lowest BCUT2D eigenvalue weighted by Crippen LogP contribution is -2.59. The molecule has 2 atom stereocenters. The maximum atomic E-state index is 12.8. The van der Waals surface area contributed by atoms with Crippen molar-refractivity contribution < 1.29 is 14.3 Å². The van der Waals surface area contributed by atoms with Crippen LogP contribution in [0.3, 0.4) is 0 Å². The number of piperazine rings is 1. The maximum absolute atomic E-state index is 12.8. The van der Waals surface area contributed by atoms with Crippen LogP contribution in [0.5, 0.6) is 0 Å². The number of rotatable bonds is 4. The van der Waals surface area contributed by atoms with Gasteiger partial charge in [0, 0.05) is 43.1 Å². The van der Waals surface area contributed by atoms with Crippen LogP contribution in [0.2, 0.25) is 0 Å². The highest BCUT2D eigenvalue weighted by Crippen LogP contribution is 2.36. The van der Waals surface area contributed by atoms with E-state index in [0.29, 0.717) is 30.1 Å². The van der Waals surface area contributed by atoms with Crippen molar-refractivity contribution >= 4 is 28.9 Å². The van der Waals surface area contributed by atoms with Gasteiger partial charge in [0.2, 0.25) is 5.91 Å². The van der Waals surface area contributed by atoms with E-state index in [-0.39, 0.29) is 24.1 Å². The number of amides is 2. The number of hydrogen-bond acceptors (Lipinski definition) is 7. The predicted molar refractivity (Wildman–Crippen MR) is 138 cm³/mol. The minimum absolute atomic E-state index is 0.00601. The number of carbonyl (C=O) groups excluding carboxylic acids is 2. The van der Waals surface area contributed by atoms with Gasteiger partial charge in [-0.25, -0.2) is 19.7 Å². The van der Waals surface area contributed by atoms with E-state index < -0.39 is 11.5 Å². The van der Waals surface area contributed by atoms with Crippen LogP contribution >= 0.6 is 0 Å². The molecule has 1 aliphatic heterocycles. The summed E-state index contributed by atoms with van der Waals surface area (Å²) < 4.78 is 7.52. The van der Waals surface area contributed by atoms with Gasteiger partial charge in [0.05, 0.1) is 5.39 Å². The first kappa shape index (κ1) is 25.4. The van der Waals surface area contributed by atoms with Gasteiger partial charge in [0.1, 0.15) is 23.6 Å². The number of pyridine rings is 1. The van der Waals surface area contributed by atoms with Crippen LogP contribution < -0.4 is 10.6 Å². The van der Waals surface area contributed by atoms with Crippen molar-refractivity contribution in [3.63, 3.8) is 0 Å². The number of primary amides is 1. The largest absolute Gasteiger partial charge is 0.444 e. The highest BCUT2D eigenvalue weighted by atomic mass is 16.6. The molecule has 1 aliphatic rings. The maximum Gasteiger partial charge on any atom is 0.410 e. The van der Waals surface area contributed by atoms with Crippen LogP contribution in [0, 0.1) is 0 Å². The van der Waals surface area contributed by atoms with Crippen molar-refractivity contribution in [3.8, 4) is 5.82 Å². The molecule has 1 saturated heterocycles. The molecule has 0 radical (unpaired) electrons. The van der Waals surface area contributed by atoms with Crippen LogP contribution in [-0.2, 0) is 4.74 Å². The molecule has 4 heterocycles. The fraction of sp³-hybridized carbons (Fsp3) is 0.500. The topological polar surface area (TPSA) is 119 Å². The number of hydrogen-bond donors (Lipinski definition) is 1. The van der Waals surface area contributed by atoms with Crippen LogP contribution in [0.1, 0.15) is 70.3 Å². The zero-order valence-electron chi connectivity index (χ0n) is 22.0. The zero-order valence-corrected chi connectivity index (χ0v) is 22.0. The number of nitrogens with zero attached hydrogens (tertiary/aromatic N) is 6. The summed E-state index contributed by atoms with van der Waals surface area (Å²) in [7, 11) is 0. The average molecular weight is 494 g/mol. The van der Waals surface area contributed by atoms with E-state index >= 15 is 0 Å². The molecule has 10 heteroatoms. The second-order valence-electron chi connectivity index (χ2n) is 10.8. The summed E-state index contributed by atoms with van der Waals surface area (Å²) in [5, 5.41) is 0.934. The number of nitrogens with two attached hydrogens (primary N) is 1. The van der Waals surface area contributed by atoms with Crippen molar-refractivity contribution in [3.05, 3.63) is 42.0 Å². The summed E-state index contributed by atoms with van der Waals surface area (Å²) in [5.74, 6) is 1.05. The van der Waals surface area contributed by atoms with E-state index in [1.165, 1.54) is 0 Å². The fourth-order valence-electron chi connectivity index (χ4n) is 4.60. The summed E-state index contributed by atoms with van der Waals surface area (Å²) >= 11 is 0. The molecule has 2 N–H and O–H groups in total. The van der Waals surface area contributed by atoms with Gasteiger partial charge in [-0.15, -0.1) is 0 Å². The Morgan fingerprint density at radius 1 is 1.11 bits per heavy atom. The van der Waals surface area contributed by atoms with Gasteiger partial charge in [0.25, 0.3) is 0 Å². The van der Waals surface area contributed by atoms with Crippen LogP contribution in [-0.4, -0.2) is 67.2 Å². The molecule has 3 aromatic heterocycles. The van der Waals surface area contributed by atoms with Gasteiger partial charge in [-0.2, -0.15) is 0 Å². The first-order valence-electron chi connectivity index (χ1n) is 12.3. The Morgan fingerprint density at radius 3 is 2.47 bits per heavy atom. The minimum atomic E-state index is -0.551. The van der Waals surface area contributed by atoms with Gasteiger partial charge in [-0.05, 0) is 58.2 Å². The summed E-state index contributed by atoms with van der Waals surface area (Å²) in [6.45, 7) is 15.1. The third-order valence-electron chi connectivity index (χ3n) is 6.38. The molecular weight excluding hydrogens is 458 g/mol. The van der Waals surface area contributed by atoms with Crippen LogP contribution in [0.15, 0.2) is 30.9 Å². The molecule has 1 fully saturated rings. The Balaban J connectivity index is 1.76. The van der Waals surface area contributed by atoms with E-state index in [9.17, 15) is 9.59 Å². The molecule has 0 aliphatic carbocycles. The number of aromatic nitrogens is 4. The molecule has 2 amide bonds. The van der Waals surface area contributed by atoms with E-state index in [1.54, 1.807) is 29.6 Å². The zero-order chi connectivity index (χ0) is 26.4. The van der Waals surface area contributed by atoms with Gasteiger partial charge < -0.3 is 20.3 Å². The molecule has 3 aromatic rings. The second-order valence-corrected chi connectivity index (χ2v) is 10.8. The predicted octanol–water partition coefficient (Wildman–Crippen LogP) is 3.87. The third kappa shape index (κ3) is 4.84. The Bertz CT molecular complexity index is 1290. The van der Waals surface area contributed by atoms with Crippen LogP contribution in [0.25, 0.3) is 16.9 Å². The van der Waals surface area contributed by atoms with E-state index in [4.69, 9.17) is 15.5 Å².